The third-order valence-corrected chi connectivity index (χ3v) is 3.35. The van der Waals surface area contributed by atoms with Crippen molar-refractivity contribution in [2.45, 2.75) is 25.4 Å². The molecule has 1 atom stereocenters. The lowest BCUT2D eigenvalue weighted by Crippen LogP contribution is -2.30. The zero-order valence-electron chi connectivity index (χ0n) is 11.1. The van der Waals surface area contributed by atoms with Gasteiger partial charge in [-0.25, -0.2) is 9.48 Å². The van der Waals surface area contributed by atoms with E-state index >= 15 is 0 Å². The summed E-state index contributed by atoms with van der Waals surface area (Å²) < 4.78 is 1.51. The molecule has 0 radical (unpaired) electrons. The average Bonchev–Trinajstić information content (AvgIpc) is 3.07. The van der Waals surface area contributed by atoms with Crippen molar-refractivity contribution in [3.05, 3.63) is 30.2 Å². The fourth-order valence-electron chi connectivity index (χ4n) is 2.40. The molecule has 0 saturated carbocycles. The Balaban J connectivity index is 1.97. The standard InChI is InChI=1S/C13H13N5O3/c19-10-4-3-9(15-10)7-18-12(8-2-1-5-14-6-8)11(13(20)21)16-17-18/h1-2,5-6,9H,3-4,7H2,(H,15,19)(H,20,21). The van der Waals surface area contributed by atoms with Crippen LogP contribution in [0.5, 0.6) is 0 Å². The molecule has 3 rings (SSSR count). The van der Waals surface area contributed by atoms with Crippen molar-refractivity contribution < 1.29 is 14.7 Å². The lowest BCUT2D eigenvalue weighted by molar-refractivity contribution is -0.119. The first-order valence-electron chi connectivity index (χ1n) is 6.51. The molecule has 8 heteroatoms. The van der Waals surface area contributed by atoms with E-state index in [1.54, 1.807) is 24.5 Å². The number of aromatic nitrogens is 4. The number of amides is 1. The van der Waals surface area contributed by atoms with Crippen molar-refractivity contribution in [1.82, 2.24) is 25.3 Å². The summed E-state index contributed by atoms with van der Waals surface area (Å²) in [6.45, 7) is 0.385. The molecule has 0 aromatic carbocycles. The Bertz CT molecular complexity index is 682. The largest absolute Gasteiger partial charge is 0.476 e. The van der Waals surface area contributed by atoms with Gasteiger partial charge in [-0.3, -0.25) is 9.78 Å². The Morgan fingerprint density at radius 3 is 3.00 bits per heavy atom. The number of carbonyl (C=O) groups is 2. The summed E-state index contributed by atoms with van der Waals surface area (Å²) in [6, 6.07) is 3.41. The third kappa shape index (κ3) is 2.60. The van der Waals surface area contributed by atoms with Gasteiger partial charge in [0.05, 0.1) is 6.54 Å². The van der Waals surface area contributed by atoms with Crippen LogP contribution >= 0.6 is 0 Å². The molecular formula is C13H13N5O3. The smallest absolute Gasteiger partial charge is 0.358 e. The number of pyridine rings is 1. The van der Waals surface area contributed by atoms with E-state index in [-0.39, 0.29) is 17.6 Å². The number of nitrogens with zero attached hydrogens (tertiary/aromatic N) is 4. The van der Waals surface area contributed by atoms with Crippen molar-refractivity contribution in [3.63, 3.8) is 0 Å². The molecule has 0 bridgehead atoms. The lowest BCUT2D eigenvalue weighted by atomic mass is 10.1. The minimum Gasteiger partial charge on any atom is -0.476 e. The lowest BCUT2D eigenvalue weighted by Gasteiger charge is -2.12. The molecule has 1 amide bonds. The highest BCUT2D eigenvalue weighted by molar-refractivity contribution is 5.92. The number of hydrogen-bond acceptors (Lipinski definition) is 5. The molecule has 1 aliphatic heterocycles. The first kappa shape index (κ1) is 13.2. The third-order valence-electron chi connectivity index (χ3n) is 3.35. The molecular weight excluding hydrogens is 274 g/mol. The number of hydrogen-bond donors (Lipinski definition) is 2. The predicted molar refractivity (Wildman–Crippen MR) is 71.4 cm³/mol. The highest BCUT2D eigenvalue weighted by atomic mass is 16.4. The predicted octanol–water partition coefficient (Wildman–Crippen LogP) is 0.317. The van der Waals surface area contributed by atoms with E-state index in [2.05, 4.69) is 20.6 Å². The van der Waals surface area contributed by atoms with E-state index in [9.17, 15) is 14.7 Å². The minimum atomic E-state index is -1.14. The number of nitrogens with one attached hydrogen (secondary N) is 1. The molecule has 21 heavy (non-hydrogen) atoms. The fraction of sp³-hybridized carbons (Fsp3) is 0.308. The summed E-state index contributed by atoms with van der Waals surface area (Å²) in [4.78, 5) is 26.5. The summed E-state index contributed by atoms with van der Waals surface area (Å²) in [7, 11) is 0. The van der Waals surface area contributed by atoms with E-state index in [0.717, 1.165) is 0 Å². The Kier molecular flexibility index (Phi) is 3.35. The summed E-state index contributed by atoms with van der Waals surface area (Å²) in [5.41, 5.74) is 0.910. The molecule has 108 valence electrons. The molecule has 3 heterocycles. The maximum absolute atomic E-state index is 11.3. The first-order valence-corrected chi connectivity index (χ1v) is 6.51. The second-order valence-electron chi connectivity index (χ2n) is 4.82. The summed E-state index contributed by atoms with van der Waals surface area (Å²) in [5.74, 6) is -1.14. The zero-order chi connectivity index (χ0) is 14.8. The minimum absolute atomic E-state index is 0.00139. The van der Waals surface area contributed by atoms with Gasteiger partial charge in [0, 0.05) is 30.4 Å². The van der Waals surface area contributed by atoms with E-state index < -0.39 is 5.97 Å². The van der Waals surface area contributed by atoms with Gasteiger partial charge in [0.1, 0.15) is 5.69 Å². The van der Waals surface area contributed by atoms with Crippen molar-refractivity contribution in [3.8, 4) is 11.3 Å². The van der Waals surface area contributed by atoms with Gasteiger partial charge in [0.25, 0.3) is 0 Å². The van der Waals surface area contributed by atoms with Gasteiger partial charge in [0.15, 0.2) is 5.69 Å². The molecule has 8 nitrogen and oxygen atoms in total. The van der Waals surface area contributed by atoms with E-state index in [4.69, 9.17) is 0 Å². The maximum atomic E-state index is 11.3. The van der Waals surface area contributed by atoms with Crippen molar-refractivity contribution >= 4 is 11.9 Å². The van der Waals surface area contributed by atoms with Gasteiger partial charge in [-0.1, -0.05) is 5.21 Å². The summed E-state index contributed by atoms with van der Waals surface area (Å²) in [6.07, 6.45) is 4.35. The molecule has 1 unspecified atom stereocenters. The summed E-state index contributed by atoms with van der Waals surface area (Å²) in [5, 5.41) is 19.7. The van der Waals surface area contributed by atoms with E-state index in [0.29, 0.717) is 30.6 Å². The number of carbonyl (C=O) groups excluding carboxylic acids is 1. The topological polar surface area (TPSA) is 110 Å². The van der Waals surface area contributed by atoms with Crippen molar-refractivity contribution in [1.29, 1.82) is 0 Å². The molecule has 1 fully saturated rings. The van der Waals surface area contributed by atoms with E-state index in [1.807, 2.05) is 0 Å². The van der Waals surface area contributed by atoms with Gasteiger partial charge in [0.2, 0.25) is 5.91 Å². The van der Waals surface area contributed by atoms with Gasteiger partial charge < -0.3 is 10.4 Å². The highest BCUT2D eigenvalue weighted by Gasteiger charge is 2.26. The van der Waals surface area contributed by atoms with Crippen LogP contribution in [0.15, 0.2) is 24.5 Å². The van der Waals surface area contributed by atoms with Crippen LogP contribution in [-0.4, -0.2) is 43.0 Å². The number of rotatable bonds is 4. The van der Waals surface area contributed by atoms with Crippen LogP contribution in [0.1, 0.15) is 23.3 Å². The van der Waals surface area contributed by atoms with Crippen LogP contribution in [0, 0.1) is 0 Å². The van der Waals surface area contributed by atoms with Crippen LogP contribution in [0.4, 0.5) is 0 Å². The van der Waals surface area contributed by atoms with Crippen LogP contribution in [0.2, 0.25) is 0 Å². The Morgan fingerprint density at radius 1 is 1.52 bits per heavy atom. The molecule has 2 aromatic rings. The average molecular weight is 287 g/mol. The maximum Gasteiger partial charge on any atom is 0.358 e. The second-order valence-corrected chi connectivity index (χ2v) is 4.82. The zero-order valence-corrected chi connectivity index (χ0v) is 11.1. The number of aromatic carboxylic acids is 1. The van der Waals surface area contributed by atoms with Gasteiger partial charge in [-0.2, -0.15) is 0 Å². The van der Waals surface area contributed by atoms with Crippen molar-refractivity contribution in [2.24, 2.45) is 0 Å². The van der Waals surface area contributed by atoms with Crippen LogP contribution in [0.3, 0.4) is 0 Å². The molecule has 0 aliphatic carbocycles. The van der Waals surface area contributed by atoms with E-state index in [1.165, 1.54) is 4.68 Å². The molecule has 1 saturated heterocycles. The normalized spacial score (nSPS) is 17.7. The van der Waals surface area contributed by atoms with Crippen LogP contribution in [-0.2, 0) is 11.3 Å². The highest BCUT2D eigenvalue weighted by Crippen LogP contribution is 2.22. The first-order chi connectivity index (χ1) is 10.1. The Hall–Kier alpha value is -2.77. The Labute approximate surface area is 119 Å². The second kappa shape index (κ2) is 5.31. The van der Waals surface area contributed by atoms with Crippen LogP contribution in [0.25, 0.3) is 11.3 Å². The van der Waals surface area contributed by atoms with Crippen molar-refractivity contribution in [2.75, 3.05) is 0 Å². The molecule has 2 N–H and O–H groups in total. The molecule has 2 aromatic heterocycles. The van der Waals surface area contributed by atoms with Crippen LogP contribution < -0.4 is 5.32 Å². The molecule has 1 aliphatic rings. The monoisotopic (exact) mass is 287 g/mol. The number of carboxylic acid groups (broad SMARTS) is 1. The van der Waals surface area contributed by atoms with Gasteiger partial charge in [-0.15, -0.1) is 5.10 Å². The van der Waals surface area contributed by atoms with Gasteiger partial charge >= 0.3 is 5.97 Å². The molecule has 0 spiro atoms. The Morgan fingerprint density at radius 2 is 2.38 bits per heavy atom. The number of carboxylic acids is 1. The van der Waals surface area contributed by atoms with Gasteiger partial charge in [-0.05, 0) is 18.6 Å². The fourth-order valence-corrected chi connectivity index (χ4v) is 2.40. The summed E-state index contributed by atoms with van der Waals surface area (Å²) >= 11 is 0. The quantitative estimate of drug-likeness (QED) is 0.837. The SMILES string of the molecule is O=C1CCC(Cn2nnc(C(=O)O)c2-c2cccnc2)N1.